The van der Waals surface area contributed by atoms with E-state index < -0.39 is 5.97 Å². The van der Waals surface area contributed by atoms with Crippen LogP contribution in [0.2, 0.25) is 0 Å². The van der Waals surface area contributed by atoms with Crippen molar-refractivity contribution < 1.29 is 15.0 Å². The number of aliphatic hydroxyl groups is 1. The van der Waals surface area contributed by atoms with Crippen molar-refractivity contribution in [3.05, 3.63) is 11.6 Å². The molecule has 5 aliphatic rings. The lowest BCUT2D eigenvalue weighted by Crippen LogP contribution is -2.65. The molecule has 3 nitrogen and oxygen atoms in total. The topological polar surface area (TPSA) is 57.5 Å². The summed E-state index contributed by atoms with van der Waals surface area (Å²) in [6, 6.07) is 0. The number of aliphatic hydroxyl groups excluding tert-OH is 1. The Morgan fingerprint density at radius 3 is 2.33 bits per heavy atom. The normalized spacial score (nSPS) is 55.3. The number of allylic oxidation sites excluding steroid dienone is 2. The molecule has 4 saturated carbocycles. The standard InChI is InChI=1S/C30H48O3/c1-17-8-9-19-20(26(32)33)16-30(7)21(25(19)18(17)2)10-11-23-28(5)14-13-24(31)27(3,4)22(28)12-15-29(23,30)6/h10,17-20,22-25,31H,8-9,11-16H2,1-7H3,(H,32,33)/t17-,18+,19?,20+,22+,23-,24+,25-,28+,29-,30-/m1/s1. The number of carbonyl (C=O) groups is 1. The molecule has 1 unspecified atom stereocenters. The molecule has 0 aromatic heterocycles. The summed E-state index contributed by atoms with van der Waals surface area (Å²) in [5, 5.41) is 21.3. The predicted molar refractivity (Wildman–Crippen MR) is 133 cm³/mol. The molecule has 4 fully saturated rings. The van der Waals surface area contributed by atoms with Crippen molar-refractivity contribution in [3.8, 4) is 0 Å². The molecular formula is C30H48O3. The van der Waals surface area contributed by atoms with Gasteiger partial charge in [0.1, 0.15) is 0 Å². The predicted octanol–water partition coefficient (Wildman–Crippen LogP) is 6.95. The molecule has 0 saturated heterocycles. The maximum absolute atomic E-state index is 12.6. The molecular weight excluding hydrogens is 408 g/mol. The van der Waals surface area contributed by atoms with E-state index in [1.165, 1.54) is 6.42 Å². The van der Waals surface area contributed by atoms with Gasteiger partial charge in [-0.2, -0.15) is 0 Å². The first-order valence-electron chi connectivity index (χ1n) is 13.9. The van der Waals surface area contributed by atoms with Crippen molar-refractivity contribution in [3.63, 3.8) is 0 Å². The summed E-state index contributed by atoms with van der Waals surface area (Å²) >= 11 is 0. The van der Waals surface area contributed by atoms with E-state index in [4.69, 9.17) is 0 Å². The summed E-state index contributed by atoms with van der Waals surface area (Å²) < 4.78 is 0. The Morgan fingerprint density at radius 1 is 0.970 bits per heavy atom. The van der Waals surface area contributed by atoms with Gasteiger partial charge in [0.15, 0.2) is 0 Å². The van der Waals surface area contributed by atoms with E-state index >= 15 is 0 Å². The van der Waals surface area contributed by atoms with Gasteiger partial charge in [-0.25, -0.2) is 0 Å². The second-order valence-electron chi connectivity index (χ2n) is 14.4. The van der Waals surface area contributed by atoms with Crippen LogP contribution in [0.5, 0.6) is 0 Å². The first-order chi connectivity index (χ1) is 15.3. The van der Waals surface area contributed by atoms with Crippen LogP contribution in [0.3, 0.4) is 0 Å². The van der Waals surface area contributed by atoms with Crippen LogP contribution in [0.15, 0.2) is 11.6 Å². The highest BCUT2D eigenvalue weighted by atomic mass is 16.4. The minimum Gasteiger partial charge on any atom is -0.481 e. The molecule has 0 radical (unpaired) electrons. The highest BCUT2D eigenvalue weighted by Crippen LogP contribution is 2.75. The molecule has 0 bridgehead atoms. The fraction of sp³-hybridized carbons (Fsp3) is 0.900. The average molecular weight is 457 g/mol. The maximum Gasteiger partial charge on any atom is 0.306 e. The summed E-state index contributed by atoms with van der Waals surface area (Å²) in [5.74, 6) is 2.30. The third-order valence-electron chi connectivity index (χ3n) is 13.2. The molecule has 0 spiro atoms. The lowest BCUT2D eigenvalue weighted by Gasteiger charge is -2.71. The number of carboxylic acids is 1. The molecule has 33 heavy (non-hydrogen) atoms. The molecule has 2 N–H and O–H groups in total. The zero-order chi connectivity index (χ0) is 24.1. The maximum atomic E-state index is 12.6. The van der Waals surface area contributed by atoms with Crippen molar-refractivity contribution in [2.24, 2.45) is 63.1 Å². The Bertz CT molecular complexity index is 859. The summed E-state index contributed by atoms with van der Waals surface area (Å²) in [6.45, 7) is 16.9. The fourth-order valence-electron chi connectivity index (χ4n) is 10.9. The summed E-state index contributed by atoms with van der Waals surface area (Å²) in [7, 11) is 0. The van der Waals surface area contributed by atoms with Gasteiger partial charge >= 0.3 is 5.97 Å². The number of hydrogen-bond donors (Lipinski definition) is 2. The van der Waals surface area contributed by atoms with Crippen LogP contribution < -0.4 is 0 Å². The van der Waals surface area contributed by atoms with Crippen LogP contribution in [-0.4, -0.2) is 22.3 Å². The van der Waals surface area contributed by atoms with Crippen LogP contribution in [0.1, 0.15) is 99.8 Å². The number of rotatable bonds is 1. The van der Waals surface area contributed by atoms with Gasteiger partial charge in [0.05, 0.1) is 12.0 Å². The molecule has 0 heterocycles. The Hall–Kier alpha value is -0.830. The first-order valence-corrected chi connectivity index (χ1v) is 13.9. The number of carboxylic acid groups (broad SMARTS) is 1. The molecule has 11 atom stereocenters. The second-order valence-corrected chi connectivity index (χ2v) is 14.4. The van der Waals surface area contributed by atoms with E-state index in [0.29, 0.717) is 35.5 Å². The van der Waals surface area contributed by atoms with Crippen LogP contribution in [0.4, 0.5) is 0 Å². The Labute approximate surface area is 201 Å². The quantitative estimate of drug-likeness (QED) is 0.420. The van der Waals surface area contributed by atoms with Gasteiger partial charge in [0.2, 0.25) is 0 Å². The van der Waals surface area contributed by atoms with E-state index in [1.54, 1.807) is 5.57 Å². The van der Waals surface area contributed by atoms with E-state index in [1.807, 2.05) is 0 Å². The van der Waals surface area contributed by atoms with E-state index in [2.05, 4.69) is 54.5 Å². The van der Waals surface area contributed by atoms with Gasteiger partial charge in [-0.1, -0.05) is 66.5 Å². The van der Waals surface area contributed by atoms with Gasteiger partial charge in [-0.15, -0.1) is 0 Å². The molecule has 3 heteroatoms. The van der Waals surface area contributed by atoms with Crippen molar-refractivity contribution >= 4 is 5.97 Å². The molecule has 0 amide bonds. The molecule has 5 rings (SSSR count). The molecule has 5 aliphatic carbocycles. The monoisotopic (exact) mass is 456 g/mol. The van der Waals surface area contributed by atoms with E-state index in [0.717, 1.165) is 44.9 Å². The van der Waals surface area contributed by atoms with Crippen LogP contribution in [0, 0.1) is 63.1 Å². The third kappa shape index (κ3) is 2.93. The SMILES string of the molecule is C[C@H]1[C@H](C)CCC2[C@@H](C(=O)O)C[C@]3(C)C(=CC[C@@H]4[C@@]5(C)CC[C@H](O)C(C)(C)[C@@H]5CC[C@]43C)[C@@H]21. The molecule has 186 valence electrons. The van der Waals surface area contributed by atoms with Crippen LogP contribution in [0.25, 0.3) is 0 Å². The summed E-state index contributed by atoms with van der Waals surface area (Å²) in [6.07, 6.45) is 11.0. The van der Waals surface area contributed by atoms with Gasteiger partial charge in [-0.3, -0.25) is 4.79 Å². The summed E-state index contributed by atoms with van der Waals surface area (Å²) in [5.41, 5.74) is 1.88. The minimum atomic E-state index is -0.556. The zero-order valence-electron chi connectivity index (χ0n) is 22.2. The Kier molecular flexibility index (Phi) is 5.31. The average Bonchev–Trinajstić information content (AvgIpc) is 2.73. The van der Waals surface area contributed by atoms with Crippen molar-refractivity contribution in [1.29, 1.82) is 0 Å². The highest BCUT2D eigenvalue weighted by Gasteiger charge is 2.68. The van der Waals surface area contributed by atoms with Gasteiger partial charge < -0.3 is 10.2 Å². The fourth-order valence-corrected chi connectivity index (χ4v) is 10.9. The van der Waals surface area contributed by atoms with Crippen molar-refractivity contribution in [1.82, 2.24) is 0 Å². The van der Waals surface area contributed by atoms with Crippen molar-refractivity contribution in [2.45, 2.75) is 106 Å². The Balaban J connectivity index is 1.62. The van der Waals surface area contributed by atoms with E-state index in [-0.39, 0.29) is 33.7 Å². The van der Waals surface area contributed by atoms with Gasteiger partial charge in [-0.05, 0) is 102 Å². The lowest BCUT2D eigenvalue weighted by molar-refractivity contribution is -0.205. The number of aliphatic carboxylic acids is 1. The third-order valence-corrected chi connectivity index (χ3v) is 13.2. The molecule has 0 aromatic carbocycles. The van der Waals surface area contributed by atoms with Crippen LogP contribution >= 0.6 is 0 Å². The number of fused-ring (bicyclic) bond motifs is 7. The lowest BCUT2D eigenvalue weighted by atomic mass is 9.33. The smallest absolute Gasteiger partial charge is 0.306 e. The van der Waals surface area contributed by atoms with Gasteiger partial charge in [0, 0.05) is 0 Å². The first kappa shape index (κ1) is 23.9. The second kappa shape index (κ2) is 7.34. The zero-order valence-corrected chi connectivity index (χ0v) is 22.2. The highest BCUT2D eigenvalue weighted by molar-refractivity contribution is 5.71. The van der Waals surface area contributed by atoms with Crippen molar-refractivity contribution in [2.75, 3.05) is 0 Å². The van der Waals surface area contributed by atoms with Gasteiger partial charge in [0.25, 0.3) is 0 Å². The largest absolute Gasteiger partial charge is 0.481 e. The number of hydrogen-bond acceptors (Lipinski definition) is 2. The van der Waals surface area contributed by atoms with Crippen LogP contribution in [-0.2, 0) is 4.79 Å². The molecule has 0 aromatic rings. The van der Waals surface area contributed by atoms with E-state index in [9.17, 15) is 15.0 Å². The summed E-state index contributed by atoms with van der Waals surface area (Å²) in [4.78, 5) is 12.6. The minimum absolute atomic E-state index is 0.0420. The molecule has 0 aliphatic heterocycles. The Morgan fingerprint density at radius 2 is 1.67 bits per heavy atom.